The SMILES string of the molecule is COC(=O)C1=CC(c2ccc(C)cc2)c2c1ccc1ccccc21. The average Bonchev–Trinajstić information content (AvgIpc) is 3.02. The molecule has 0 N–H and O–H groups in total. The van der Waals surface area contributed by atoms with Crippen molar-refractivity contribution in [3.63, 3.8) is 0 Å². The van der Waals surface area contributed by atoms with E-state index in [0.717, 1.165) is 5.56 Å². The number of fused-ring (bicyclic) bond motifs is 3. The predicted molar refractivity (Wildman–Crippen MR) is 97.0 cm³/mol. The molecule has 1 aliphatic rings. The molecule has 0 saturated carbocycles. The van der Waals surface area contributed by atoms with Crippen molar-refractivity contribution in [2.45, 2.75) is 12.8 Å². The van der Waals surface area contributed by atoms with Gasteiger partial charge in [-0.2, -0.15) is 0 Å². The van der Waals surface area contributed by atoms with E-state index in [4.69, 9.17) is 4.74 Å². The second kappa shape index (κ2) is 5.64. The molecule has 2 heteroatoms. The van der Waals surface area contributed by atoms with Gasteiger partial charge in [-0.3, -0.25) is 0 Å². The summed E-state index contributed by atoms with van der Waals surface area (Å²) in [5.74, 6) is -0.207. The normalized spacial score (nSPS) is 15.9. The summed E-state index contributed by atoms with van der Waals surface area (Å²) in [6.07, 6.45) is 2.04. The Labute approximate surface area is 141 Å². The van der Waals surface area contributed by atoms with Crippen LogP contribution in [0.1, 0.15) is 28.2 Å². The van der Waals surface area contributed by atoms with Gasteiger partial charge in [-0.05, 0) is 34.4 Å². The molecule has 0 aromatic heterocycles. The smallest absolute Gasteiger partial charge is 0.338 e. The Morgan fingerprint density at radius 1 is 0.958 bits per heavy atom. The van der Waals surface area contributed by atoms with Crippen molar-refractivity contribution in [1.29, 1.82) is 0 Å². The van der Waals surface area contributed by atoms with Crippen LogP contribution in [-0.2, 0) is 9.53 Å². The van der Waals surface area contributed by atoms with Crippen molar-refractivity contribution in [3.05, 3.63) is 89.0 Å². The number of carbonyl (C=O) groups excluding carboxylic acids is 1. The monoisotopic (exact) mass is 314 g/mol. The molecule has 0 fully saturated rings. The van der Waals surface area contributed by atoms with Crippen LogP contribution in [0.3, 0.4) is 0 Å². The molecule has 0 amide bonds. The number of benzene rings is 3. The first-order valence-electron chi connectivity index (χ1n) is 8.08. The number of carbonyl (C=O) groups is 1. The van der Waals surface area contributed by atoms with E-state index in [1.165, 1.54) is 34.6 Å². The van der Waals surface area contributed by atoms with Gasteiger partial charge in [0.05, 0.1) is 12.7 Å². The summed E-state index contributed by atoms with van der Waals surface area (Å²) in [6.45, 7) is 2.08. The number of ether oxygens (including phenoxy) is 1. The molecule has 0 spiro atoms. The highest BCUT2D eigenvalue weighted by Crippen LogP contribution is 2.44. The molecule has 4 rings (SSSR count). The van der Waals surface area contributed by atoms with Crippen LogP contribution in [0.4, 0.5) is 0 Å². The number of hydrogen-bond donors (Lipinski definition) is 0. The van der Waals surface area contributed by atoms with Crippen LogP contribution in [0.2, 0.25) is 0 Å². The lowest BCUT2D eigenvalue weighted by Gasteiger charge is -2.15. The van der Waals surface area contributed by atoms with Gasteiger partial charge in [-0.25, -0.2) is 4.79 Å². The molecular formula is C22H18O2. The second-order valence-corrected chi connectivity index (χ2v) is 6.21. The molecule has 0 bridgehead atoms. The lowest BCUT2D eigenvalue weighted by molar-refractivity contribution is -0.133. The van der Waals surface area contributed by atoms with Crippen LogP contribution >= 0.6 is 0 Å². The minimum Gasteiger partial charge on any atom is -0.465 e. The van der Waals surface area contributed by atoms with Gasteiger partial charge in [0.2, 0.25) is 0 Å². The summed E-state index contributed by atoms with van der Waals surface area (Å²) in [5, 5.41) is 2.38. The van der Waals surface area contributed by atoms with Gasteiger partial charge in [0, 0.05) is 5.92 Å². The molecule has 118 valence electrons. The fourth-order valence-corrected chi connectivity index (χ4v) is 3.53. The second-order valence-electron chi connectivity index (χ2n) is 6.21. The molecular weight excluding hydrogens is 296 g/mol. The summed E-state index contributed by atoms with van der Waals surface area (Å²) in [6, 6.07) is 20.9. The highest BCUT2D eigenvalue weighted by Gasteiger charge is 2.30. The van der Waals surface area contributed by atoms with Crippen LogP contribution in [0.5, 0.6) is 0 Å². The van der Waals surface area contributed by atoms with Crippen molar-refractivity contribution in [2.24, 2.45) is 0 Å². The van der Waals surface area contributed by atoms with E-state index in [1.807, 2.05) is 24.3 Å². The molecule has 0 saturated heterocycles. The van der Waals surface area contributed by atoms with Gasteiger partial charge < -0.3 is 4.74 Å². The maximum atomic E-state index is 12.3. The maximum Gasteiger partial charge on any atom is 0.338 e. The minimum absolute atomic E-state index is 0.0702. The van der Waals surface area contributed by atoms with E-state index in [0.29, 0.717) is 5.57 Å². The molecule has 24 heavy (non-hydrogen) atoms. The van der Waals surface area contributed by atoms with Gasteiger partial charge in [0.15, 0.2) is 0 Å². The fourth-order valence-electron chi connectivity index (χ4n) is 3.53. The van der Waals surface area contributed by atoms with E-state index in [-0.39, 0.29) is 11.9 Å². The standard InChI is InChI=1S/C22H18O2/c1-14-7-9-16(10-8-14)19-13-20(22(23)24-2)18-12-11-15-5-3-4-6-17(15)21(18)19/h3-13,19H,1-2H3. The van der Waals surface area contributed by atoms with E-state index >= 15 is 0 Å². The van der Waals surface area contributed by atoms with Gasteiger partial charge in [0.25, 0.3) is 0 Å². The zero-order valence-corrected chi connectivity index (χ0v) is 13.7. The Bertz CT molecular complexity index is 965. The summed E-state index contributed by atoms with van der Waals surface area (Å²) in [4.78, 5) is 12.3. The summed E-state index contributed by atoms with van der Waals surface area (Å²) in [5.41, 5.74) is 5.25. The number of aryl methyl sites for hydroxylation is 1. The van der Waals surface area contributed by atoms with Gasteiger partial charge >= 0.3 is 5.97 Å². The highest BCUT2D eigenvalue weighted by molar-refractivity contribution is 6.20. The highest BCUT2D eigenvalue weighted by atomic mass is 16.5. The molecule has 3 aromatic carbocycles. The first-order chi connectivity index (χ1) is 11.7. The van der Waals surface area contributed by atoms with E-state index in [2.05, 4.69) is 49.4 Å². The summed E-state index contributed by atoms with van der Waals surface area (Å²) >= 11 is 0. The summed E-state index contributed by atoms with van der Waals surface area (Å²) < 4.78 is 5.00. The third-order valence-corrected chi connectivity index (χ3v) is 4.75. The van der Waals surface area contributed by atoms with E-state index in [1.54, 1.807) is 0 Å². The van der Waals surface area contributed by atoms with Gasteiger partial charge in [-0.1, -0.05) is 72.3 Å². The molecule has 0 radical (unpaired) electrons. The lowest BCUT2D eigenvalue weighted by atomic mass is 9.88. The van der Waals surface area contributed by atoms with Crippen molar-refractivity contribution in [1.82, 2.24) is 0 Å². The third-order valence-electron chi connectivity index (χ3n) is 4.75. The Morgan fingerprint density at radius 2 is 1.71 bits per heavy atom. The van der Waals surface area contributed by atoms with Crippen molar-refractivity contribution in [2.75, 3.05) is 7.11 Å². The van der Waals surface area contributed by atoms with Crippen LogP contribution in [0, 0.1) is 6.92 Å². The fraction of sp³-hybridized carbons (Fsp3) is 0.136. The number of rotatable bonds is 2. The van der Waals surface area contributed by atoms with Gasteiger partial charge in [0.1, 0.15) is 0 Å². The van der Waals surface area contributed by atoms with Crippen molar-refractivity contribution >= 4 is 22.3 Å². The minimum atomic E-state index is -0.277. The molecule has 2 nitrogen and oxygen atoms in total. The summed E-state index contributed by atoms with van der Waals surface area (Å²) in [7, 11) is 1.43. The third kappa shape index (κ3) is 2.23. The van der Waals surface area contributed by atoms with Crippen molar-refractivity contribution < 1.29 is 9.53 Å². The largest absolute Gasteiger partial charge is 0.465 e. The Hall–Kier alpha value is -2.87. The topological polar surface area (TPSA) is 26.3 Å². The van der Waals surface area contributed by atoms with E-state index in [9.17, 15) is 4.79 Å². The first-order valence-corrected chi connectivity index (χ1v) is 8.08. The molecule has 1 aliphatic carbocycles. The van der Waals surface area contributed by atoms with Crippen LogP contribution < -0.4 is 0 Å². The van der Waals surface area contributed by atoms with Crippen LogP contribution in [0.25, 0.3) is 16.3 Å². The maximum absolute atomic E-state index is 12.3. The Balaban J connectivity index is 1.98. The number of hydrogen-bond acceptors (Lipinski definition) is 2. The first kappa shape index (κ1) is 14.7. The average molecular weight is 314 g/mol. The quantitative estimate of drug-likeness (QED) is 0.632. The molecule has 0 aliphatic heterocycles. The van der Waals surface area contributed by atoms with Crippen LogP contribution in [0.15, 0.2) is 66.7 Å². The molecule has 3 aromatic rings. The van der Waals surface area contributed by atoms with E-state index < -0.39 is 0 Å². The van der Waals surface area contributed by atoms with Gasteiger partial charge in [-0.15, -0.1) is 0 Å². The number of methoxy groups -OCH3 is 1. The predicted octanol–water partition coefficient (Wildman–Crippen LogP) is 4.85. The van der Waals surface area contributed by atoms with Crippen LogP contribution in [-0.4, -0.2) is 13.1 Å². The Kier molecular flexibility index (Phi) is 3.46. The number of esters is 1. The van der Waals surface area contributed by atoms with Crippen molar-refractivity contribution in [3.8, 4) is 0 Å². The zero-order valence-electron chi connectivity index (χ0n) is 13.7. The zero-order chi connectivity index (χ0) is 16.7. The number of allylic oxidation sites excluding steroid dienone is 1. The molecule has 1 unspecified atom stereocenters. The molecule has 1 atom stereocenters. The molecule has 0 heterocycles. The Morgan fingerprint density at radius 3 is 2.46 bits per heavy atom. The lowest BCUT2D eigenvalue weighted by Crippen LogP contribution is -2.02.